The number of amides is 2. The van der Waals surface area contributed by atoms with E-state index in [1.807, 2.05) is 20.8 Å². The summed E-state index contributed by atoms with van der Waals surface area (Å²) in [7, 11) is 0. The lowest BCUT2D eigenvalue weighted by Crippen LogP contribution is -2.45. The number of hydrogen-bond acceptors (Lipinski definition) is 5. The molecular weight excluding hydrogens is 346 g/mol. The van der Waals surface area contributed by atoms with Crippen LogP contribution in [0.5, 0.6) is 0 Å². The Balaban J connectivity index is 2.00. The smallest absolute Gasteiger partial charge is 0.249 e. The monoisotopic (exact) mass is 373 g/mol. The summed E-state index contributed by atoms with van der Waals surface area (Å²) in [5.74, 6) is -1.50. The minimum atomic E-state index is -0.643. The van der Waals surface area contributed by atoms with Gasteiger partial charge in [-0.05, 0) is 23.5 Å². The fourth-order valence-corrected chi connectivity index (χ4v) is 4.09. The van der Waals surface area contributed by atoms with Gasteiger partial charge < -0.3 is 21.1 Å². The first-order valence-electron chi connectivity index (χ1n) is 9.19. The van der Waals surface area contributed by atoms with Crippen LogP contribution in [0, 0.1) is 5.41 Å². The van der Waals surface area contributed by atoms with Gasteiger partial charge in [0, 0.05) is 12.1 Å². The van der Waals surface area contributed by atoms with Crippen LogP contribution in [0.2, 0.25) is 0 Å². The normalized spacial score (nSPS) is 26.1. The molecule has 2 aliphatic heterocycles. The molecule has 27 heavy (non-hydrogen) atoms. The molecule has 2 fully saturated rings. The highest BCUT2D eigenvalue weighted by Crippen LogP contribution is 2.37. The van der Waals surface area contributed by atoms with Crippen molar-refractivity contribution in [1.29, 1.82) is 0 Å². The average molecular weight is 373 g/mol. The predicted octanol–water partition coefficient (Wildman–Crippen LogP) is 0.811. The van der Waals surface area contributed by atoms with Crippen molar-refractivity contribution < 1.29 is 19.1 Å². The van der Waals surface area contributed by atoms with Gasteiger partial charge in [-0.25, -0.2) is 0 Å². The number of nitrogens with two attached hydrogens (primary N) is 2. The van der Waals surface area contributed by atoms with Gasteiger partial charge in [-0.15, -0.1) is 0 Å². The van der Waals surface area contributed by atoms with Crippen molar-refractivity contribution in [3.63, 3.8) is 0 Å². The maximum atomic E-state index is 13.5. The average Bonchev–Trinajstić information content (AvgIpc) is 3.13. The van der Waals surface area contributed by atoms with Crippen LogP contribution in [0.3, 0.4) is 0 Å². The Labute approximate surface area is 159 Å². The number of primary amides is 1. The van der Waals surface area contributed by atoms with Crippen LogP contribution >= 0.6 is 0 Å². The molecule has 2 amide bonds. The van der Waals surface area contributed by atoms with Crippen molar-refractivity contribution in [2.24, 2.45) is 16.9 Å². The Hall–Kier alpha value is -2.25. The minimum Gasteiger partial charge on any atom is -0.366 e. The third-order valence-electron chi connectivity index (χ3n) is 5.22. The standard InChI is InChI=1S/C20H27N3O4/c1-20(2,3)8-13(11-6-4-5-7-12(11)18(22)25)19(26)23-9-14(21)17-16(23)15(24)10-27-17/h4-7,13-14,16-17H,8-10,21H2,1-3H3,(H2,22,25)/t13-,14-,16+,17+/m0/s1. The van der Waals surface area contributed by atoms with Gasteiger partial charge >= 0.3 is 0 Å². The summed E-state index contributed by atoms with van der Waals surface area (Å²) in [6.07, 6.45) is 0.0528. The first kappa shape index (κ1) is 19.5. The van der Waals surface area contributed by atoms with Crippen LogP contribution in [0.1, 0.15) is 49.0 Å². The van der Waals surface area contributed by atoms with Crippen molar-refractivity contribution in [3.8, 4) is 0 Å². The zero-order valence-electron chi connectivity index (χ0n) is 16.0. The summed E-state index contributed by atoms with van der Waals surface area (Å²) in [6, 6.07) is 5.85. The highest BCUT2D eigenvalue weighted by Gasteiger charge is 2.52. The van der Waals surface area contributed by atoms with Crippen LogP contribution in [-0.4, -0.2) is 53.8 Å². The molecular formula is C20H27N3O4. The molecule has 7 nitrogen and oxygen atoms in total. The minimum absolute atomic E-state index is 0.0192. The second kappa shape index (κ2) is 7.05. The summed E-state index contributed by atoms with van der Waals surface area (Å²) >= 11 is 0. The van der Waals surface area contributed by atoms with Crippen molar-refractivity contribution in [2.45, 2.75) is 51.3 Å². The molecule has 3 rings (SSSR count). The van der Waals surface area contributed by atoms with Crippen LogP contribution in [0.25, 0.3) is 0 Å². The molecule has 0 aliphatic carbocycles. The number of ketones is 1. The largest absolute Gasteiger partial charge is 0.366 e. The molecule has 0 unspecified atom stereocenters. The Morgan fingerprint density at radius 1 is 1.30 bits per heavy atom. The number of benzene rings is 1. The lowest BCUT2D eigenvalue weighted by Gasteiger charge is -2.31. The summed E-state index contributed by atoms with van der Waals surface area (Å²) in [5, 5.41) is 0. The van der Waals surface area contributed by atoms with Crippen molar-refractivity contribution >= 4 is 17.6 Å². The number of rotatable bonds is 4. The number of Topliss-reactive ketones (excluding diaryl/α,β-unsaturated/α-hetero) is 1. The van der Waals surface area contributed by atoms with Gasteiger partial charge in [0.05, 0.1) is 12.0 Å². The summed E-state index contributed by atoms with van der Waals surface area (Å²) in [6.45, 7) is 6.33. The lowest BCUT2D eigenvalue weighted by atomic mass is 9.79. The summed E-state index contributed by atoms with van der Waals surface area (Å²) < 4.78 is 5.49. The third kappa shape index (κ3) is 3.75. The van der Waals surface area contributed by atoms with Gasteiger partial charge in [0.15, 0.2) is 5.78 Å². The number of nitrogens with zero attached hydrogens (tertiary/aromatic N) is 1. The number of ether oxygens (including phenoxy) is 1. The predicted molar refractivity (Wildman–Crippen MR) is 100.0 cm³/mol. The Kier molecular flexibility index (Phi) is 5.10. The van der Waals surface area contributed by atoms with Gasteiger partial charge in [-0.2, -0.15) is 0 Å². The number of fused-ring (bicyclic) bond motifs is 1. The van der Waals surface area contributed by atoms with Crippen molar-refractivity contribution in [3.05, 3.63) is 35.4 Å². The molecule has 146 valence electrons. The molecule has 0 aromatic heterocycles. The van der Waals surface area contributed by atoms with E-state index in [-0.39, 0.29) is 30.3 Å². The second-order valence-corrected chi connectivity index (χ2v) is 8.61. The van der Waals surface area contributed by atoms with E-state index in [4.69, 9.17) is 16.2 Å². The van der Waals surface area contributed by atoms with Gasteiger partial charge in [0.1, 0.15) is 18.8 Å². The van der Waals surface area contributed by atoms with E-state index in [1.165, 1.54) is 0 Å². The quantitative estimate of drug-likeness (QED) is 0.810. The topological polar surface area (TPSA) is 116 Å². The van der Waals surface area contributed by atoms with E-state index in [0.29, 0.717) is 17.5 Å². The van der Waals surface area contributed by atoms with Crippen LogP contribution in [0.4, 0.5) is 0 Å². The molecule has 2 saturated heterocycles. The Bertz CT molecular complexity index is 771. The molecule has 2 heterocycles. The highest BCUT2D eigenvalue weighted by molar-refractivity contribution is 5.98. The van der Waals surface area contributed by atoms with E-state index in [9.17, 15) is 14.4 Å². The second-order valence-electron chi connectivity index (χ2n) is 8.61. The maximum Gasteiger partial charge on any atom is 0.249 e. The zero-order valence-corrected chi connectivity index (χ0v) is 16.0. The van der Waals surface area contributed by atoms with Gasteiger partial charge in [-0.1, -0.05) is 39.0 Å². The first-order chi connectivity index (χ1) is 12.6. The highest BCUT2D eigenvalue weighted by atomic mass is 16.5. The van der Waals surface area contributed by atoms with E-state index in [0.717, 1.165) is 0 Å². The molecule has 4 N–H and O–H groups in total. The molecule has 0 bridgehead atoms. The van der Waals surface area contributed by atoms with Gasteiger partial charge in [0.25, 0.3) is 0 Å². The van der Waals surface area contributed by atoms with E-state index in [1.54, 1.807) is 29.2 Å². The zero-order chi connectivity index (χ0) is 19.9. The van der Waals surface area contributed by atoms with Crippen molar-refractivity contribution in [1.82, 2.24) is 4.90 Å². The fraction of sp³-hybridized carbons (Fsp3) is 0.550. The van der Waals surface area contributed by atoms with E-state index < -0.39 is 30.0 Å². The molecule has 0 radical (unpaired) electrons. The SMILES string of the molecule is CC(C)(C)C[C@H](C(=O)N1C[C@H](N)[C@H]2OCC(=O)[C@H]21)c1ccccc1C(N)=O. The third-order valence-corrected chi connectivity index (χ3v) is 5.22. The van der Waals surface area contributed by atoms with E-state index in [2.05, 4.69) is 0 Å². The molecule has 2 aliphatic rings. The van der Waals surface area contributed by atoms with Crippen LogP contribution in [-0.2, 0) is 14.3 Å². The molecule has 1 aromatic carbocycles. The number of likely N-dealkylation sites (tertiary alicyclic amines) is 1. The maximum absolute atomic E-state index is 13.5. The number of carbonyl (C=O) groups excluding carboxylic acids is 3. The van der Waals surface area contributed by atoms with Crippen LogP contribution in [0.15, 0.2) is 24.3 Å². The molecule has 4 atom stereocenters. The fourth-order valence-electron chi connectivity index (χ4n) is 4.09. The molecule has 1 aromatic rings. The molecule has 7 heteroatoms. The first-order valence-corrected chi connectivity index (χ1v) is 9.19. The number of hydrogen-bond donors (Lipinski definition) is 2. The van der Waals surface area contributed by atoms with Gasteiger partial charge in [0.2, 0.25) is 11.8 Å². The van der Waals surface area contributed by atoms with E-state index >= 15 is 0 Å². The van der Waals surface area contributed by atoms with Gasteiger partial charge in [-0.3, -0.25) is 14.4 Å². The molecule has 0 saturated carbocycles. The number of carbonyl (C=O) groups is 3. The summed E-state index contributed by atoms with van der Waals surface area (Å²) in [4.78, 5) is 39.3. The lowest BCUT2D eigenvalue weighted by molar-refractivity contribution is -0.138. The molecule has 0 spiro atoms. The Morgan fingerprint density at radius 3 is 2.59 bits per heavy atom. The Morgan fingerprint density at radius 2 is 1.96 bits per heavy atom. The summed E-state index contributed by atoms with van der Waals surface area (Å²) in [5.41, 5.74) is 12.4. The van der Waals surface area contributed by atoms with Crippen molar-refractivity contribution in [2.75, 3.05) is 13.2 Å². The van der Waals surface area contributed by atoms with Crippen LogP contribution < -0.4 is 11.5 Å².